The molecule has 338 valence electrons. The number of anilines is 5. The third-order valence-corrected chi connectivity index (χ3v) is 12.4. The van der Waals surface area contributed by atoms with Crippen molar-refractivity contribution in [3.63, 3.8) is 0 Å². The number of rotatable bonds is 20. The molecule has 0 unspecified atom stereocenters. The first-order valence-electron chi connectivity index (χ1n) is 18.9. The average molecular weight is 953 g/mol. The zero-order valence-corrected chi connectivity index (χ0v) is 37.5. The molecule has 6 rings (SSSR count). The summed E-state index contributed by atoms with van der Waals surface area (Å²) >= 11 is 1.00. The second kappa shape index (κ2) is 21.2. The Bertz CT molecular complexity index is 3070. The molecular weight excluding hydrogens is 917 g/mol. The Kier molecular flexibility index (Phi) is 15.3. The minimum atomic E-state index is -4.00. The Labute approximate surface area is 381 Å². The number of nitrogens with zero attached hydrogens (tertiary/aromatic N) is 7. The second-order valence-electron chi connectivity index (χ2n) is 13.4. The zero-order chi connectivity index (χ0) is 47.4. The Hall–Kier alpha value is -7.82. The van der Waals surface area contributed by atoms with Crippen molar-refractivity contribution in [2.75, 3.05) is 30.2 Å². The van der Waals surface area contributed by atoms with Crippen molar-refractivity contribution in [2.24, 2.45) is 20.5 Å². The van der Waals surface area contributed by atoms with Gasteiger partial charge < -0.3 is 25.4 Å². The van der Waals surface area contributed by atoms with Crippen LogP contribution in [0.3, 0.4) is 0 Å². The molecule has 0 aliphatic heterocycles. The van der Waals surface area contributed by atoms with E-state index in [0.717, 1.165) is 25.6 Å². The van der Waals surface area contributed by atoms with Gasteiger partial charge in [0.2, 0.25) is 11.0 Å². The van der Waals surface area contributed by atoms with Gasteiger partial charge in [0, 0.05) is 35.1 Å². The molecule has 3 N–H and O–H groups in total. The molecule has 0 spiro atoms. The highest BCUT2D eigenvalue weighted by Crippen LogP contribution is 2.43. The maximum absolute atomic E-state index is 12.3. The third kappa shape index (κ3) is 11.8. The molecule has 0 saturated carbocycles. The maximum Gasteiger partial charge on any atom is 0.296 e. The number of nitrogens with one attached hydrogen (secondary N) is 3. The highest BCUT2D eigenvalue weighted by atomic mass is 32.2. The fourth-order valence-electron chi connectivity index (χ4n) is 5.94. The summed E-state index contributed by atoms with van der Waals surface area (Å²) in [5, 5.41) is 37.5. The lowest BCUT2D eigenvalue weighted by atomic mass is 10.1. The first-order valence-corrected chi connectivity index (χ1v) is 22.6. The summed E-state index contributed by atoms with van der Waals surface area (Å²) in [6, 6.07) is 25.0. The Morgan fingerprint density at radius 2 is 1.26 bits per heavy atom. The summed E-state index contributed by atoms with van der Waals surface area (Å²) in [4.78, 5) is 42.7. The van der Waals surface area contributed by atoms with Crippen LogP contribution >= 0.6 is 11.3 Å². The molecule has 0 aliphatic rings. The van der Waals surface area contributed by atoms with Crippen molar-refractivity contribution in [2.45, 2.75) is 36.9 Å². The SMILES string of the molecule is COS(=O)(=O)c1ccc(Nc2nc(Nc3ccc(S(=O)(=O)OC)cc3)c(N=Nc3nc(-c4ccc(NC(C)=O)cc4)c(N=Nc4cc(COC=O)cc(COC=O)c4)s3)c(C)c2C#N)cc1. The largest absolute Gasteiger partial charge is 0.463 e. The van der Waals surface area contributed by atoms with Gasteiger partial charge in [-0.05, 0) is 96.9 Å². The molecule has 0 bridgehead atoms. The van der Waals surface area contributed by atoms with Crippen LogP contribution in [0.15, 0.2) is 121 Å². The zero-order valence-electron chi connectivity index (χ0n) is 35.1. The molecule has 0 aliphatic carbocycles. The van der Waals surface area contributed by atoms with E-state index in [0.29, 0.717) is 63.6 Å². The maximum atomic E-state index is 12.3. The molecule has 1 amide bonds. The lowest BCUT2D eigenvalue weighted by molar-refractivity contribution is -0.130. The molecular formula is C42H36N10O11S3. The van der Waals surface area contributed by atoms with Crippen LogP contribution in [-0.2, 0) is 65.7 Å². The topological polar surface area (TPSA) is 292 Å². The highest BCUT2D eigenvalue weighted by Gasteiger charge is 2.21. The summed E-state index contributed by atoms with van der Waals surface area (Å²) in [6.07, 6.45) is 0. The van der Waals surface area contributed by atoms with E-state index in [2.05, 4.69) is 55.8 Å². The summed E-state index contributed by atoms with van der Waals surface area (Å²) in [5.74, 6) is -0.140. The average Bonchev–Trinajstić information content (AvgIpc) is 3.72. The van der Waals surface area contributed by atoms with Gasteiger partial charge in [0.15, 0.2) is 16.6 Å². The Morgan fingerprint density at radius 1 is 0.727 bits per heavy atom. The van der Waals surface area contributed by atoms with Crippen LogP contribution in [-0.4, -0.2) is 59.9 Å². The van der Waals surface area contributed by atoms with E-state index in [-0.39, 0.29) is 61.9 Å². The molecule has 2 aromatic heterocycles. The smallest absolute Gasteiger partial charge is 0.296 e. The van der Waals surface area contributed by atoms with Gasteiger partial charge in [-0.25, -0.2) is 9.97 Å². The number of hydrogen-bond donors (Lipinski definition) is 3. The van der Waals surface area contributed by atoms with Crippen LogP contribution in [0.2, 0.25) is 0 Å². The van der Waals surface area contributed by atoms with Crippen LogP contribution in [0.1, 0.15) is 29.2 Å². The lowest BCUT2D eigenvalue weighted by Crippen LogP contribution is -2.05. The quantitative estimate of drug-likeness (QED) is 0.0366. The first kappa shape index (κ1) is 47.7. The molecule has 6 aromatic rings. The van der Waals surface area contributed by atoms with Crippen molar-refractivity contribution in [3.05, 3.63) is 113 Å². The molecule has 0 fully saturated rings. The fourth-order valence-corrected chi connectivity index (χ4v) is 8.00. The predicted octanol–water partition coefficient (Wildman–Crippen LogP) is 8.68. The summed E-state index contributed by atoms with van der Waals surface area (Å²) < 4.78 is 68.1. The predicted molar refractivity (Wildman–Crippen MR) is 240 cm³/mol. The van der Waals surface area contributed by atoms with E-state index in [1.165, 1.54) is 55.5 Å². The number of ether oxygens (including phenoxy) is 2. The number of aromatic nitrogens is 2. The number of pyridine rings is 1. The van der Waals surface area contributed by atoms with Gasteiger partial charge in [-0.15, -0.1) is 20.5 Å². The van der Waals surface area contributed by atoms with Gasteiger partial charge in [-0.3, -0.25) is 22.7 Å². The van der Waals surface area contributed by atoms with E-state index in [1.54, 1.807) is 49.4 Å². The molecule has 24 heteroatoms. The van der Waals surface area contributed by atoms with Crippen LogP contribution in [0.4, 0.5) is 50.2 Å². The lowest BCUT2D eigenvalue weighted by Gasteiger charge is -2.16. The number of nitriles is 1. The van der Waals surface area contributed by atoms with Crippen LogP contribution in [0.5, 0.6) is 0 Å². The van der Waals surface area contributed by atoms with Gasteiger partial charge in [0.25, 0.3) is 33.2 Å². The van der Waals surface area contributed by atoms with E-state index < -0.39 is 20.2 Å². The van der Waals surface area contributed by atoms with Gasteiger partial charge in [0.05, 0.1) is 35.3 Å². The molecule has 21 nitrogen and oxygen atoms in total. The van der Waals surface area contributed by atoms with Crippen LogP contribution in [0.25, 0.3) is 11.3 Å². The molecule has 0 radical (unpaired) electrons. The summed E-state index contributed by atoms with van der Waals surface area (Å²) in [6.45, 7) is 3.43. The van der Waals surface area contributed by atoms with E-state index in [1.807, 2.05) is 0 Å². The molecule has 66 heavy (non-hydrogen) atoms. The summed E-state index contributed by atoms with van der Waals surface area (Å²) in [7, 11) is -5.90. The number of carbonyl (C=O) groups is 3. The number of azo groups is 2. The number of benzene rings is 4. The minimum Gasteiger partial charge on any atom is -0.463 e. The fraction of sp³-hybridized carbons (Fsp3) is 0.143. The van der Waals surface area contributed by atoms with E-state index in [9.17, 15) is 36.5 Å². The first-order chi connectivity index (χ1) is 31.7. The minimum absolute atomic E-state index is 0.0527. The van der Waals surface area contributed by atoms with Crippen molar-refractivity contribution in [1.29, 1.82) is 5.26 Å². The van der Waals surface area contributed by atoms with Crippen molar-refractivity contribution >= 4 is 101 Å². The molecule has 4 aromatic carbocycles. The standard InChI is InChI=1S/C42H36N10O11S3/c1-25-36(20-43)39(45-31-9-13-34(14-10-31)65(56,57)60-3)48-40(46-32-11-15-35(16-12-32)66(58,59)61-4)37(25)50-52-42-47-38(29-5-7-30(8-6-29)44-26(2)55)41(64-42)51-49-33-18-27(21-62-23-53)17-28(19-33)22-63-24-54/h5-19,23-24H,21-22H2,1-4H3,(H,44,55)(H2,45,46,48). The molecule has 0 atom stereocenters. The van der Waals surface area contributed by atoms with Crippen molar-refractivity contribution in [1.82, 2.24) is 9.97 Å². The van der Waals surface area contributed by atoms with Crippen molar-refractivity contribution < 1.29 is 49.1 Å². The van der Waals surface area contributed by atoms with E-state index in [4.69, 9.17) is 14.5 Å². The van der Waals surface area contributed by atoms with Gasteiger partial charge >= 0.3 is 0 Å². The second-order valence-corrected chi connectivity index (χ2v) is 17.8. The molecule has 0 saturated heterocycles. The summed E-state index contributed by atoms with van der Waals surface area (Å²) in [5.41, 5.74) is 4.04. The van der Waals surface area contributed by atoms with Gasteiger partial charge in [-0.2, -0.15) is 22.1 Å². The monoisotopic (exact) mass is 952 g/mol. The highest BCUT2D eigenvalue weighted by molar-refractivity contribution is 7.87. The van der Waals surface area contributed by atoms with Crippen molar-refractivity contribution in [3.8, 4) is 17.3 Å². The van der Waals surface area contributed by atoms with Crippen LogP contribution < -0.4 is 16.0 Å². The normalized spacial score (nSPS) is 11.6. The molecule has 2 heterocycles. The number of amides is 1. The Balaban J connectivity index is 1.44. The van der Waals surface area contributed by atoms with Gasteiger partial charge in [0.1, 0.15) is 30.7 Å². The number of carbonyl (C=O) groups excluding carboxylic acids is 3. The van der Waals surface area contributed by atoms with Crippen LogP contribution in [0, 0.1) is 18.3 Å². The van der Waals surface area contributed by atoms with Gasteiger partial charge in [-0.1, -0.05) is 23.5 Å². The third-order valence-electron chi connectivity index (χ3n) is 9.02. The number of thiazole rings is 1. The van der Waals surface area contributed by atoms with E-state index >= 15 is 0 Å². The number of hydrogen-bond acceptors (Lipinski definition) is 21. The Morgan fingerprint density at radius 3 is 1.76 bits per heavy atom.